The molecule has 0 unspecified atom stereocenters. The second kappa shape index (κ2) is 8.92. The first-order chi connectivity index (χ1) is 18.3. The van der Waals surface area contributed by atoms with Gasteiger partial charge in [0.05, 0.1) is 5.69 Å². The molecule has 0 atom stereocenters. The van der Waals surface area contributed by atoms with Crippen LogP contribution in [0.5, 0.6) is 0 Å². The van der Waals surface area contributed by atoms with Gasteiger partial charge in [-0.15, -0.1) is 11.3 Å². The van der Waals surface area contributed by atoms with Crippen molar-refractivity contribution in [3.05, 3.63) is 139 Å². The van der Waals surface area contributed by atoms with Crippen LogP contribution in [0.2, 0.25) is 0 Å². The fraction of sp³-hybridized carbons (Fsp3) is 0.0286. The number of aryl methyl sites for hydroxylation is 1. The molecule has 0 saturated carbocycles. The summed E-state index contributed by atoms with van der Waals surface area (Å²) in [6.07, 6.45) is 0. The zero-order valence-electron chi connectivity index (χ0n) is 20.6. The van der Waals surface area contributed by atoms with Crippen molar-refractivity contribution < 1.29 is 0 Å². The van der Waals surface area contributed by atoms with E-state index in [2.05, 4.69) is 145 Å². The molecule has 0 aliphatic rings. The van der Waals surface area contributed by atoms with E-state index < -0.39 is 0 Å². The number of thiophene rings is 1. The number of fused-ring (bicyclic) bond motifs is 4. The molecule has 0 spiro atoms. The van der Waals surface area contributed by atoms with Crippen molar-refractivity contribution in [2.24, 2.45) is 0 Å². The second-order valence-electron chi connectivity index (χ2n) is 9.50. The highest BCUT2D eigenvalue weighted by molar-refractivity contribution is 7.25. The van der Waals surface area contributed by atoms with Gasteiger partial charge in [-0.3, -0.25) is 0 Å². The van der Waals surface area contributed by atoms with Crippen molar-refractivity contribution in [1.82, 2.24) is 0 Å². The summed E-state index contributed by atoms with van der Waals surface area (Å²) in [5.41, 5.74) is 7.28. The lowest BCUT2D eigenvalue weighted by Gasteiger charge is -2.27. The molecule has 0 fully saturated rings. The number of anilines is 3. The summed E-state index contributed by atoms with van der Waals surface area (Å²) in [5.74, 6) is 0. The molecule has 0 radical (unpaired) electrons. The molecule has 37 heavy (non-hydrogen) atoms. The summed E-state index contributed by atoms with van der Waals surface area (Å²) >= 11 is 1.87. The molecule has 7 rings (SSSR count). The Morgan fingerprint density at radius 2 is 1.14 bits per heavy atom. The highest BCUT2D eigenvalue weighted by Gasteiger charge is 2.18. The van der Waals surface area contributed by atoms with Gasteiger partial charge in [0.15, 0.2) is 0 Å². The topological polar surface area (TPSA) is 3.24 Å². The SMILES string of the molecule is Cc1ccc2c(c1)sc1cc(N(c3ccccc3)c3ccc(-c4ccccc4)c4ccccc34)ccc12. The zero-order valence-corrected chi connectivity index (χ0v) is 21.4. The van der Waals surface area contributed by atoms with Crippen molar-refractivity contribution in [1.29, 1.82) is 0 Å². The van der Waals surface area contributed by atoms with E-state index in [0.29, 0.717) is 0 Å². The molecule has 1 heterocycles. The maximum absolute atomic E-state index is 2.40. The van der Waals surface area contributed by atoms with E-state index in [1.807, 2.05) is 11.3 Å². The zero-order chi connectivity index (χ0) is 24.8. The highest BCUT2D eigenvalue weighted by Crippen LogP contribution is 2.44. The minimum absolute atomic E-state index is 1.15. The van der Waals surface area contributed by atoms with Crippen LogP contribution in [-0.4, -0.2) is 0 Å². The molecule has 0 aliphatic carbocycles. The average molecular weight is 492 g/mol. The van der Waals surface area contributed by atoms with Gasteiger partial charge in [0.2, 0.25) is 0 Å². The van der Waals surface area contributed by atoms with E-state index >= 15 is 0 Å². The summed E-state index contributed by atoms with van der Waals surface area (Å²) in [6.45, 7) is 2.16. The first kappa shape index (κ1) is 21.8. The van der Waals surface area contributed by atoms with Gasteiger partial charge in [0.1, 0.15) is 0 Å². The molecule has 2 heteroatoms. The van der Waals surface area contributed by atoms with E-state index in [0.717, 1.165) is 5.69 Å². The minimum Gasteiger partial charge on any atom is -0.310 e. The predicted octanol–water partition coefficient (Wildman–Crippen LogP) is 10.7. The number of hydrogen-bond acceptors (Lipinski definition) is 2. The molecule has 0 N–H and O–H groups in total. The molecule has 1 aromatic heterocycles. The lowest BCUT2D eigenvalue weighted by Crippen LogP contribution is -2.10. The van der Waals surface area contributed by atoms with Gasteiger partial charge >= 0.3 is 0 Å². The van der Waals surface area contributed by atoms with E-state index in [1.54, 1.807) is 0 Å². The number of rotatable bonds is 4. The second-order valence-corrected chi connectivity index (χ2v) is 10.6. The Morgan fingerprint density at radius 3 is 1.92 bits per heavy atom. The van der Waals surface area contributed by atoms with Gasteiger partial charge in [-0.2, -0.15) is 0 Å². The number of nitrogens with zero attached hydrogens (tertiary/aromatic N) is 1. The fourth-order valence-corrected chi connectivity index (χ4v) is 6.60. The van der Waals surface area contributed by atoms with Gasteiger partial charge in [-0.1, -0.05) is 97.1 Å². The van der Waals surface area contributed by atoms with E-state index in [-0.39, 0.29) is 0 Å². The lowest BCUT2D eigenvalue weighted by molar-refractivity contribution is 1.30. The Hall–Kier alpha value is -4.40. The Morgan fingerprint density at radius 1 is 0.486 bits per heavy atom. The van der Waals surface area contributed by atoms with Crippen LogP contribution in [0.15, 0.2) is 133 Å². The molecule has 176 valence electrons. The van der Waals surface area contributed by atoms with Crippen LogP contribution in [0.25, 0.3) is 42.1 Å². The third kappa shape index (κ3) is 3.78. The van der Waals surface area contributed by atoms with Crippen molar-refractivity contribution in [2.45, 2.75) is 6.92 Å². The van der Waals surface area contributed by atoms with E-state index in [1.165, 1.54) is 59.0 Å². The molecule has 0 amide bonds. The van der Waals surface area contributed by atoms with Crippen molar-refractivity contribution in [2.75, 3.05) is 4.90 Å². The average Bonchev–Trinajstić information content (AvgIpc) is 3.31. The van der Waals surface area contributed by atoms with E-state index in [4.69, 9.17) is 0 Å². The molecular formula is C35H25NS. The van der Waals surface area contributed by atoms with Crippen molar-refractivity contribution >= 4 is 59.3 Å². The first-order valence-corrected chi connectivity index (χ1v) is 13.4. The predicted molar refractivity (Wildman–Crippen MR) is 162 cm³/mol. The Bertz CT molecular complexity index is 1880. The molecule has 1 nitrogen and oxygen atoms in total. The van der Waals surface area contributed by atoms with E-state index in [9.17, 15) is 0 Å². The van der Waals surface area contributed by atoms with Crippen LogP contribution in [0, 0.1) is 6.92 Å². The van der Waals surface area contributed by atoms with Gasteiger partial charge < -0.3 is 4.90 Å². The fourth-order valence-electron chi connectivity index (χ4n) is 5.36. The monoisotopic (exact) mass is 491 g/mol. The summed E-state index contributed by atoms with van der Waals surface area (Å²) in [7, 11) is 0. The van der Waals surface area contributed by atoms with Crippen molar-refractivity contribution in [3.63, 3.8) is 0 Å². The van der Waals surface area contributed by atoms with Gasteiger partial charge in [-0.05, 0) is 65.4 Å². The lowest BCUT2D eigenvalue weighted by atomic mass is 9.96. The standard InChI is InChI=1S/C35H25NS/c1-24-16-18-31-32-19-17-27(23-35(32)37-34(31)22-24)36(26-12-6-3-7-13-26)33-21-20-28(25-10-4-2-5-11-25)29-14-8-9-15-30(29)33/h2-23H,1H3. The maximum atomic E-state index is 2.40. The van der Waals surface area contributed by atoms with Crippen LogP contribution >= 0.6 is 11.3 Å². The van der Waals surface area contributed by atoms with Crippen LogP contribution in [0.3, 0.4) is 0 Å². The summed E-state index contributed by atoms with van der Waals surface area (Å²) in [4.78, 5) is 2.40. The molecule has 0 bridgehead atoms. The smallest absolute Gasteiger partial charge is 0.0540 e. The minimum atomic E-state index is 1.15. The normalized spacial score (nSPS) is 11.4. The van der Waals surface area contributed by atoms with Crippen molar-refractivity contribution in [3.8, 4) is 11.1 Å². The molecule has 7 aromatic rings. The third-order valence-corrected chi connectivity index (χ3v) is 8.23. The Kier molecular flexibility index (Phi) is 5.27. The molecule has 0 aliphatic heterocycles. The number of hydrogen-bond donors (Lipinski definition) is 0. The molecular weight excluding hydrogens is 466 g/mol. The largest absolute Gasteiger partial charge is 0.310 e. The first-order valence-electron chi connectivity index (χ1n) is 12.6. The van der Waals surface area contributed by atoms with Crippen LogP contribution in [-0.2, 0) is 0 Å². The number of benzene rings is 6. The van der Waals surface area contributed by atoms with Gasteiger partial charge in [0.25, 0.3) is 0 Å². The highest BCUT2D eigenvalue weighted by atomic mass is 32.1. The third-order valence-electron chi connectivity index (χ3n) is 7.11. The quantitative estimate of drug-likeness (QED) is 0.237. The number of para-hydroxylation sites is 1. The summed E-state index contributed by atoms with van der Waals surface area (Å²) in [6, 6.07) is 48.3. The van der Waals surface area contributed by atoms with Gasteiger partial charge in [-0.25, -0.2) is 0 Å². The Balaban J connectivity index is 1.47. The summed E-state index contributed by atoms with van der Waals surface area (Å²) in [5, 5.41) is 5.15. The van der Waals surface area contributed by atoms with Crippen LogP contribution in [0.1, 0.15) is 5.56 Å². The van der Waals surface area contributed by atoms with Crippen LogP contribution < -0.4 is 4.90 Å². The van der Waals surface area contributed by atoms with Crippen LogP contribution in [0.4, 0.5) is 17.1 Å². The summed E-state index contributed by atoms with van der Waals surface area (Å²) < 4.78 is 2.65. The Labute approximate surface area is 220 Å². The molecule has 0 saturated heterocycles. The van der Waals surface area contributed by atoms with Gasteiger partial charge in [0, 0.05) is 36.9 Å². The maximum Gasteiger partial charge on any atom is 0.0540 e. The molecule has 6 aromatic carbocycles.